The van der Waals surface area contributed by atoms with Gasteiger partial charge in [0.05, 0.1) is 15.9 Å². The molecule has 0 radical (unpaired) electrons. The Balaban J connectivity index is 1.82. The van der Waals surface area contributed by atoms with Gasteiger partial charge in [0.2, 0.25) is 0 Å². The second-order valence-corrected chi connectivity index (χ2v) is 8.29. The normalized spacial score (nSPS) is 11.8. The van der Waals surface area contributed by atoms with Crippen molar-refractivity contribution in [1.82, 2.24) is 4.98 Å². The van der Waals surface area contributed by atoms with Gasteiger partial charge in [-0.05, 0) is 35.4 Å². The summed E-state index contributed by atoms with van der Waals surface area (Å²) in [5.74, 6) is 0. The first-order chi connectivity index (χ1) is 13.8. The van der Waals surface area contributed by atoms with Crippen molar-refractivity contribution in [2.24, 2.45) is 0 Å². The van der Waals surface area contributed by atoms with E-state index in [1.807, 2.05) is 11.3 Å². The first kappa shape index (κ1) is 15.8. The molecule has 132 valence electrons. The zero-order chi connectivity index (χ0) is 18.7. The second kappa shape index (κ2) is 5.88. The van der Waals surface area contributed by atoms with Crippen molar-refractivity contribution in [2.45, 2.75) is 6.92 Å². The van der Waals surface area contributed by atoms with E-state index in [4.69, 9.17) is 4.98 Å². The summed E-state index contributed by atoms with van der Waals surface area (Å²) < 4.78 is 2.59. The zero-order valence-corrected chi connectivity index (χ0v) is 16.3. The van der Waals surface area contributed by atoms with Crippen LogP contribution >= 0.6 is 11.3 Å². The number of benzene rings is 4. The predicted octanol–water partition coefficient (Wildman–Crippen LogP) is 7.73. The van der Waals surface area contributed by atoms with Crippen LogP contribution in [0.15, 0.2) is 84.9 Å². The Morgan fingerprint density at radius 3 is 2.29 bits per heavy atom. The van der Waals surface area contributed by atoms with Crippen LogP contribution < -0.4 is 0 Å². The lowest BCUT2D eigenvalue weighted by molar-refractivity contribution is 1.41. The van der Waals surface area contributed by atoms with Gasteiger partial charge in [-0.3, -0.25) is 0 Å². The maximum atomic E-state index is 5.15. The van der Waals surface area contributed by atoms with Crippen molar-refractivity contribution in [2.75, 3.05) is 0 Å². The third-order valence-electron chi connectivity index (χ3n) is 5.67. The number of hydrogen-bond acceptors (Lipinski definition) is 2. The third-order valence-corrected chi connectivity index (χ3v) is 6.85. The molecule has 2 heterocycles. The summed E-state index contributed by atoms with van der Waals surface area (Å²) in [6.07, 6.45) is 0. The number of rotatable bonds is 1. The van der Waals surface area contributed by atoms with Gasteiger partial charge in [-0.1, -0.05) is 72.8 Å². The van der Waals surface area contributed by atoms with E-state index in [0.717, 1.165) is 11.2 Å². The molecule has 0 atom stereocenters. The molecule has 0 aliphatic heterocycles. The molecular formula is C26H17NS. The number of aromatic nitrogens is 1. The zero-order valence-electron chi connectivity index (χ0n) is 15.4. The summed E-state index contributed by atoms with van der Waals surface area (Å²) >= 11 is 1.85. The number of fused-ring (bicyclic) bond motifs is 6. The summed E-state index contributed by atoms with van der Waals surface area (Å²) in [5.41, 5.74) is 4.67. The first-order valence-corrected chi connectivity index (χ1v) is 10.3. The Labute approximate surface area is 166 Å². The second-order valence-electron chi connectivity index (χ2n) is 7.24. The highest BCUT2D eigenvalue weighted by molar-refractivity contribution is 7.26. The average molecular weight is 375 g/mol. The van der Waals surface area contributed by atoms with Crippen LogP contribution in [-0.4, -0.2) is 4.98 Å². The van der Waals surface area contributed by atoms with E-state index in [2.05, 4.69) is 91.9 Å². The molecule has 2 heteroatoms. The quantitative estimate of drug-likeness (QED) is 0.286. The summed E-state index contributed by atoms with van der Waals surface area (Å²) in [4.78, 5) is 5.15. The Morgan fingerprint density at radius 1 is 0.679 bits per heavy atom. The highest BCUT2D eigenvalue weighted by Crippen LogP contribution is 2.43. The Hall–Kier alpha value is -3.23. The van der Waals surface area contributed by atoms with E-state index in [-0.39, 0.29) is 0 Å². The van der Waals surface area contributed by atoms with Crippen molar-refractivity contribution in [3.05, 3.63) is 90.5 Å². The van der Waals surface area contributed by atoms with Crippen molar-refractivity contribution in [1.29, 1.82) is 0 Å². The van der Waals surface area contributed by atoms with E-state index in [1.54, 1.807) is 0 Å². The molecule has 28 heavy (non-hydrogen) atoms. The maximum Gasteiger partial charge on any atom is 0.0891 e. The van der Waals surface area contributed by atoms with E-state index in [1.165, 1.54) is 47.5 Å². The lowest BCUT2D eigenvalue weighted by atomic mass is 9.96. The minimum atomic E-state index is 1.06. The largest absolute Gasteiger partial charge is 0.246 e. The lowest BCUT2D eigenvalue weighted by Crippen LogP contribution is -1.91. The van der Waals surface area contributed by atoms with Gasteiger partial charge in [0.15, 0.2) is 0 Å². The Kier molecular flexibility index (Phi) is 3.32. The molecule has 1 nitrogen and oxygen atoms in total. The molecule has 6 rings (SSSR count). The van der Waals surface area contributed by atoms with Crippen LogP contribution in [0.3, 0.4) is 0 Å². The molecule has 0 bridgehead atoms. The Morgan fingerprint density at radius 2 is 1.39 bits per heavy atom. The monoisotopic (exact) mass is 375 g/mol. The van der Waals surface area contributed by atoms with Crippen LogP contribution in [0, 0.1) is 6.92 Å². The minimum absolute atomic E-state index is 1.06. The number of thiophene rings is 1. The molecule has 0 saturated heterocycles. The smallest absolute Gasteiger partial charge is 0.0891 e. The standard InChI is InChI=1S/C26H17NS/c1-16-18-9-3-2-8-17(18)14-15-19(16)25-26-24(20-10-4-6-12-22(20)27-25)21-11-5-7-13-23(21)28-26/h2-15H,1H3. The fourth-order valence-corrected chi connectivity index (χ4v) is 5.52. The highest BCUT2D eigenvalue weighted by Gasteiger charge is 2.17. The first-order valence-electron chi connectivity index (χ1n) is 9.50. The molecule has 0 fully saturated rings. The lowest BCUT2D eigenvalue weighted by Gasteiger charge is -2.12. The molecule has 0 aliphatic rings. The molecular weight excluding hydrogens is 358 g/mol. The van der Waals surface area contributed by atoms with Gasteiger partial charge < -0.3 is 0 Å². The molecule has 0 N–H and O–H groups in total. The SMILES string of the molecule is Cc1c(-c2nc3ccccc3c3c2sc2ccccc23)ccc2ccccc12. The van der Waals surface area contributed by atoms with Gasteiger partial charge in [-0.15, -0.1) is 11.3 Å². The van der Waals surface area contributed by atoms with Crippen LogP contribution in [0.2, 0.25) is 0 Å². The maximum absolute atomic E-state index is 5.15. The van der Waals surface area contributed by atoms with E-state index in [0.29, 0.717) is 0 Å². The van der Waals surface area contributed by atoms with Crippen molar-refractivity contribution < 1.29 is 0 Å². The number of hydrogen-bond donors (Lipinski definition) is 0. The average Bonchev–Trinajstić information content (AvgIpc) is 3.14. The van der Waals surface area contributed by atoms with E-state index in [9.17, 15) is 0 Å². The van der Waals surface area contributed by atoms with E-state index < -0.39 is 0 Å². The summed E-state index contributed by atoms with van der Waals surface area (Å²) in [5, 5.41) is 6.45. The van der Waals surface area contributed by atoms with E-state index >= 15 is 0 Å². The van der Waals surface area contributed by atoms with Crippen LogP contribution in [0.1, 0.15) is 5.56 Å². The molecule has 0 aliphatic carbocycles. The van der Waals surface area contributed by atoms with Crippen molar-refractivity contribution in [3.63, 3.8) is 0 Å². The van der Waals surface area contributed by atoms with Gasteiger partial charge in [-0.25, -0.2) is 4.98 Å². The van der Waals surface area contributed by atoms with Crippen molar-refractivity contribution >= 4 is 53.2 Å². The molecule has 0 amide bonds. The number of nitrogens with zero attached hydrogens (tertiary/aromatic N) is 1. The fourth-order valence-electron chi connectivity index (χ4n) is 4.30. The molecule has 0 unspecified atom stereocenters. The van der Waals surface area contributed by atoms with Crippen LogP contribution in [-0.2, 0) is 0 Å². The topological polar surface area (TPSA) is 12.9 Å². The van der Waals surface area contributed by atoms with Crippen LogP contribution in [0.4, 0.5) is 0 Å². The number of para-hydroxylation sites is 1. The van der Waals surface area contributed by atoms with Gasteiger partial charge in [0, 0.05) is 26.4 Å². The van der Waals surface area contributed by atoms with Crippen molar-refractivity contribution in [3.8, 4) is 11.3 Å². The highest BCUT2D eigenvalue weighted by atomic mass is 32.1. The molecule has 6 aromatic rings. The van der Waals surface area contributed by atoms with Gasteiger partial charge in [0.1, 0.15) is 0 Å². The molecule has 0 spiro atoms. The van der Waals surface area contributed by atoms with Gasteiger partial charge in [0.25, 0.3) is 0 Å². The summed E-state index contributed by atoms with van der Waals surface area (Å²) in [6, 6.07) is 30.2. The fraction of sp³-hybridized carbons (Fsp3) is 0.0385. The van der Waals surface area contributed by atoms with Crippen LogP contribution in [0.5, 0.6) is 0 Å². The summed E-state index contributed by atoms with van der Waals surface area (Å²) in [6.45, 7) is 2.22. The Bertz CT molecular complexity index is 1520. The number of aryl methyl sites for hydroxylation is 1. The third kappa shape index (κ3) is 2.15. The number of pyridine rings is 1. The molecule has 2 aromatic heterocycles. The summed E-state index contributed by atoms with van der Waals surface area (Å²) in [7, 11) is 0. The molecule has 0 saturated carbocycles. The predicted molar refractivity (Wildman–Crippen MR) is 122 cm³/mol. The van der Waals surface area contributed by atoms with Gasteiger partial charge >= 0.3 is 0 Å². The van der Waals surface area contributed by atoms with Gasteiger partial charge in [-0.2, -0.15) is 0 Å². The van der Waals surface area contributed by atoms with Crippen LogP contribution in [0.25, 0.3) is 53.1 Å². The molecule has 4 aromatic carbocycles. The minimum Gasteiger partial charge on any atom is -0.246 e.